The van der Waals surface area contributed by atoms with Crippen LogP contribution in [-0.4, -0.2) is 48.2 Å². The largest absolute Gasteiger partial charge is 0.463 e. The number of hydrogen-bond acceptors (Lipinski definition) is 7. The van der Waals surface area contributed by atoms with Crippen LogP contribution in [0.15, 0.2) is 53.1 Å². The van der Waals surface area contributed by atoms with Crippen molar-refractivity contribution in [2.45, 2.75) is 19.4 Å². The van der Waals surface area contributed by atoms with Crippen molar-refractivity contribution in [2.24, 2.45) is 0 Å². The summed E-state index contributed by atoms with van der Waals surface area (Å²) in [6.45, 7) is 2.00. The first kappa shape index (κ1) is 20.9. The maximum Gasteiger partial charge on any atom is 0.338 e. The number of nitrogens with one attached hydrogen (secondary N) is 1. The second-order valence-corrected chi connectivity index (χ2v) is 9.37. The molecule has 1 aromatic carbocycles. The van der Waals surface area contributed by atoms with E-state index in [1.807, 2.05) is 0 Å². The van der Waals surface area contributed by atoms with Gasteiger partial charge >= 0.3 is 5.97 Å². The highest BCUT2D eigenvalue weighted by Crippen LogP contribution is 2.30. The number of nitrogens with zero attached hydrogens (tertiary/aromatic N) is 2. The van der Waals surface area contributed by atoms with Gasteiger partial charge in [0.25, 0.3) is 5.91 Å². The Morgan fingerprint density at radius 2 is 2.03 bits per heavy atom. The van der Waals surface area contributed by atoms with Crippen LogP contribution in [-0.2, 0) is 14.6 Å². The summed E-state index contributed by atoms with van der Waals surface area (Å²) in [6.07, 6.45) is 1.93. The standard InChI is InChI=1S/C21H21N3O6S/c1-2-29-21(26)14-5-7-15(8-6-14)22-20(25)17-12-18(19-4-3-10-30-19)24(23-17)16-9-11-31(27,28)13-16/h3-8,10,12,16H,2,9,11,13H2,1H3,(H,22,25). The van der Waals surface area contributed by atoms with Crippen LogP contribution in [0.25, 0.3) is 11.5 Å². The third-order valence-electron chi connectivity index (χ3n) is 4.95. The van der Waals surface area contributed by atoms with E-state index in [1.54, 1.807) is 54.1 Å². The summed E-state index contributed by atoms with van der Waals surface area (Å²) in [5.41, 5.74) is 1.53. The predicted octanol–water partition coefficient (Wildman–Crippen LogP) is 2.93. The number of rotatable bonds is 6. The van der Waals surface area contributed by atoms with Gasteiger partial charge in [0.15, 0.2) is 21.3 Å². The second-order valence-electron chi connectivity index (χ2n) is 7.15. The molecule has 1 atom stereocenters. The number of esters is 1. The van der Waals surface area contributed by atoms with Crippen LogP contribution < -0.4 is 5.32 Å². The van der Waals surface area contributed by atoms with E-state index < -0.39 is 21.7 Å². The first-order valence-corrected chi connectivity index (χ1v) is 11.6. The lowest BCUT2D eigenvalue weighted by molar-refractivity contribution is 0.0526. The van der Waals surface area contributed by atoms with Gasteiger partial charge in [-0.25, -0.2) is 13.2 Å². The molecule has 0 aliphatic carbocycles. The summed E-state index contributed by atoms with van der Waals surface area (Å²) in [5.74, 6) is -0.345. The first-order chi connectivity index (χ1) is 14.9. The zero-order valence-electron chi connectivity index (χ0n) is 16.8. The number of furan rings is 1. The Bertz CT molecular complexity index is 1200. The first-order valence-electron chi connectivity index (χ1n) is 9.78. The molecule has 3 heterocycles. The van der Waals surface area contributed by atoms with E-state index in [0.29, 0.717) is 29.1 Å². The SMILES string of the molecule is CCOC(=O)c1ccc(NC(=O)c2cc(-c3ccco3)n(C3CCS(=O)(=O)C3)n2)cc1. The predicted molar refractivity (Wildman–Crippen MR) is 113 cm³/mol. The van der Waals surface area contributed by atoms with E-state index in [4.69, 9.17) is 9.15 Å². The number of benzene rings is 1. The van der Waals surface area contributed by atoms with Crippen molar-refractivity contribution in [2.75, 3.05) is 23.4 Å². The summed E-state index contributed by atoms with van der Waals surface area (Å²) < 4.78 is 35.8. The van der Waals surface area contributed by atoms with Crippen molar-refractivity contribution in [1.29, 1.82) is 0 Å². The summed E-state index contributed by atoms with van der Waals surface area (Å²) >= 11 is 0. The second kappa shape index (κ2) is 8.38. The number of anilines is 1. The molecule has 0 spiro atoms. The molecule has 1 unspecified atom stereocenters. The number of aromatic nitrogens is 2. The molecule has 0 saturated carbocycles. The van der Waals surface area contributed by atoms with E-state index in [0.717, 1.165) is 0 Å². The zero-order chi connectivity index (χ0) is 22.0. The molecule has 1 N–H and O–H groups in total. The Labute approximate surface area is 178 Å². The van der Waals surface area contributed by atoms with Gasteiger partial charge in [-0.05, 0) is 49.7 Å². The fraction of sp³-hybridized carbons (Fsp3) is 0.286. The molecule has 9 nitrogen and oxygen atoms in total. The number of ether oxygens (including phenoxy) is 1. The van der Waals surface area contributed by atoms with Crippen LogP contribution in [0.1, 0.15) is 40.2 Å². The van der Waals surface area contributed by atoms with Crippen LogP contribution in [0.5, 0.6) is 0 Å². The Morgan fingerprint density at radius 1 is 1.26 bits per heavy atom. The number of carbonyl (C=O) groups excluding carboxylic acids is 2. The lowest BCUT2D eigenvalue weighted by Crippen LogP contribution is -2.16. The van der Waals surface area contributed by atoms with E-state index in [9.17, 15) is 18.0 Å². The van der Waals surface area contributed by atoms with Gasteiger partial charge in [-0.3, -0.25) is 9.48 Å². The van der Waals surface area contributed by atoms with Gasteiger partial charge in [-0.15, -0.1) is 0 Å². The lowest BCUT2D eigenvalue weighted by Gasteiger charge is -2.11. The van der Waals surface area contributed by atoms with Crippen LogP contribution >= 0.6 is 0 Å². The molecule has 4 rings (SSSR count). The number of carbonyl (C=O) groups is 2. The van der Waals surface area contributed by atoms with Gasteiger partial charge in [0.05, 0.1) is 36.0 Å². The summed E-state index contributed by atoms with van der Waals surface area (Å²) in [7, 11) is -3.13. The molecule has 10 heteroatoms. The van der Waals surface area contributed by atoms with Gasteiger partial charge < -0.3 is 14.5 Å². The molecule has 2 aromatic heterocycles. The maximum absolute atomic E-state index is 12.8. The minimum absolute atomic E-state index is 0.0290. The van der Waals surface area contributed by atoms with Crippen LogP contribution in [0.2, 0.25) is 0 Å². The molecular formula is C21H21N3O6S. The van der Waals surface area contributed by atoms with Crippen molar-refractivity contribution in [3.8, 4) is 11.5 Å². The number of hydrogen-bond donors (Lipinski definition) is 1. The average Bonchev–Trinajstić information content (AvgIpc) is 3.47. The smallest absolute Gasteiger partial charge is 0.338 e. The van der Waals surface area contributed by atoms with Crippen molar-refractivity contribution >= 4 is 27.4 Å². The fourth-order valence-electron chi connectivity index (χ4n) is 3.46. The third-order valence-corrected chi connectivity index (χ3v) is 6.70. The fourth-order valence-corrected chi connectivity index (χ4v) is 5.15. The lowest BCUT2D eigenvalue weighted by atomic mass is 10.2. The Balaban J connectivity index is 1.57. The quantitative estimate of drug-likeness (QED) is 0.582. The molecule has 0 radical (unpaired) electrons. The molecule has 1 saturated heterocycles. The van der Waals surface area contributed by atoms with Gasteiger partial charge in [0.1, 0.15) is 5.69 Å². The van der Waals surface area contributed by atoms with Crippen molar-refractivity contribution in [3.63, 3.8) is 0 Å². The Kier molecular flexibility index (Phi) is 5.64. The topological polar surface area (TPSA) is 120 Å². The minimum atomic E-state index is -3.13. The van der Waals surface area contributed by atoms with Crippen LogP contribution in [0.4, 0.5) is 5.69 Å². The van der Waals surface area contributed by atoms with E-state index in [-0.39, 0.29) is 29.8 Å². The molecule has 1 aliphatic rings. The molecule has 0 bridgehead atoms. The van der Waals surface area contributed by atoms with Crippen molar-refractivity contribution < 1.29 is 27.2 Å². The van der Waals surface area contributed by atoms with Crippen LogP contribution in [0.3, 0.4) is 0 Å². The number of amides is 1. The molecular weight excluding hydrogens is 422 g/mol. The molecule has 1 aliphatic heterocycles. The Hall–Kier alpha value is -3.40. The van der Waals surface area contributed by atoms with Gasteiger partial charge in [-0.2, -0.15) is 5.10 Å². The zero-order valence-corrected chi connectivity index (χ0v) is 17.6. The Morgan fingerprint density at radius 3 is 2.65 bits per heavy atom. The summed E-state index contributed by atoms with van der Waals surface area (Å²) in [5, 5.41) is 7.12. The average molecular weight is 443 g/mol. The molecule has 162 valence electrons. The molecule has 3 aromatic rings. The molecule has 1 fully saturated rings. The number of sulfone groups is 1. The monoisotopic (exact) mass is 443 g/mol. The maximum atomic E-state index is 12.8. The van der Waals surface area contributed by atoms with Gasteiger partial charge in [0, 0.05) is 11.8 Å². The van der Waals surface area contributed by atoms with Crippen molar-refractivity contribution in [3.05, 3.63) is 60.0 Å². The summed E-state index contributed by atoms with van der Waals surface area (Å²) in [6, 6.07) is 11.0. The van der Waals surface area contributed by atoms with E-state index in [1.165, 1.54) is 6.26 Å². The summed E-state index contributed by atoms with van der Waals surface area (Å²) in [4.78, 5) is 24.5. The molecule has 1 amide bonds. The van der Waals surface area contributed by atoms with Crippen molar-refractivity contribution in [1.82, 2.24) is 9.78 Å². The van der Waals surface area contributed by atoms with E-state index in [2.05, 4.69) is 10.4 Å². The molecule has 31 heavy (non-hydrogen) atoms. The van der Waals surface area contributed by atoms with E-state index >= 15 is 0 Å². The minimum Gasteiger partial charge on any atom is -0.463 e. The third kappa shape index (κ3) is 4.53. The van der Waals surface area contributed by atoms with Gasteiger partial charge in [-0.1, -0.05) is 0 Å². The highest BCUT2D eigenvalue weighted by atomic mass is 32.2. The van der Waals surface area contributed by atoms with Gasteiger partial charge in [0.2, 0.25) is 0 Å². The normalized spacial score (nSPS) is 17.4. The highest BCUT2D eigenvalue weighted by Gasteiger charge is 2.32. The van der Waals surface area contributed by atoms with Crippen LogP contribution in [0, 0.1) is 0 Å². The highest BCUT2D eigenvalue weighted by molar-refractivity contribution is 7.91.